The number of carboxylic acids is 1. The average molecular weight is 354 g/mol. The van der Waals surface area contributed by atoms with E-state index in [9.17, 15) is 14.7 Å². The predicted octanol–water partition coefficient (Wildman–Crippen LogP) is 2.66. The summed E-state index contributed by atoms with van der Waals surface area (Å²) in [5.74, 6) is -0.759. The number of carbonyl (C=O) groups is 2. The van der Waals surface area contributed by atoms with Crippen LogP contribution in [0.3, 0.4) is 0 Å². The van der Waals surface area contributed by atoms with Gasteiger partial charge in [-0.25, -0.2) is 0 Å². The molecule has 2 heterocycles. The summed E-state index contributed by atoms with van der Waals surface area (Å²) >= 11 is 0. The molecule has 0 radical (unpaired) electrons. The monoisotopic (exact) mass is 354 g/mol. The summed E-state index contributed by atoms with van der Waals surface area (Å²) in [6.45, 7) is 4.27. The Hall–Kier alpha value is -2.89. The number of benzene rings is 1. The molecule has 0 aliphatic carbocycles. The number of carbonyl (C=O) groups excluding carboxylic acids is 1. The SMILES string of the molecule is CC(C)(C(=O)O)C(=O)N1CCc2ccc(COc3cccnc3)cc2C1. The molecule has 1 N–H and O–H groups in total. The van der Waals surface area contributed by atoms with Gasteiger partial charge in [0.1, 0.15) is 17.8 Å². The minimum atomic E-state index is -1.42. The molecule has 0 fully saturated rings. The largest absolute Gasteiger partial charge is 0.487 e. The van der Waals surface area contributed by atoms with Crippen LogP contribution in [-0.4, -0.2) is 33.4 Å². The lowest BCUT2D eigenvalue weighted by Crippen LogP contribution is -2.47. The van der Waals surface area contributed by atoms with E-state index < -0.39 is 11.4 Å². The Morgan fingerprint density at radius 2 is 2.08 bits per heavy atom. The van der Waals surface area contributed by atoms with E-state index in [0.29, 0.717) is 25.4 Å². The molecule has 136 valence electrons. The molecule has 1 amide bonds. The van der Waals surface area contributed by atoms with Gasteiger partial charge in [-0.05, 0) is 49.1 Å². The molecule has 0 atom stereocenters. The van der Waals surface area contributed by atoms with Crippen LogP contribution in [0.2, 0.25) is 0 Å². The van der Waals surface area contributed by atoms with Crippen LogP contribution in [0.5, 0.6) is 5.75 Å². The van der Waals surface area contributed by atoms with E-state index in [4.69, 9.17) is 4.74 Å². The van der Waals surface area contributed by atoms with Crippen LogP contribution in [0, 0.1) is 5.41 Å². The number of fused-ring (bicyclic) bond motifs is 1. The fraction of sp³-hybridized carbons (Fsp3) is 0.350. The molecule has 0 saturated carbocycles. The summed E-state index contributed by atoms with van der Waals surface area (Å²) in [7, 11) is 0. The quantitative estimate of drug-likeness (QED) is 0.835. The second-order valence-electron chi connectivity index (χ2n) is 6.99. The molecular formula is C20H22N2O4. The van der Waals surface area contributed by atoms with E-state index in [0.717, 1.165) is 17.5 Å². The molecular weight excluding hydrogens is 332 g/mol. The second-order valence-corrected chi connectivity index (χ2v) is 6.99. The van der Waals surface area contributed by atoms with E-state index in [2.05, 4.69) is 11.1 Å². The van der Waals surface area contributed by atoms with Crippen molar-refractivity contribution in [2.45, 2.75) is 33.4 Å². The van der Waals surface area contributed by atoms with Crippen molar-refractivity contribution in [2.24, 2.45) is 5.41 Å². The maximum absolute atomic E-state index is 12.6. The van der Waals surface area contributed by atoms with E-state index >= 15 is 0 Å². The number of pyridine rings is 1. The smallest absolute Gasteiger partial charge is 0.318 e. The van der Waals surface area contributed by atoms with Gasteiger partial charge in [-0.15, -0.1) is 0 Å². The number of nitrogens with zero attached hydrogens (tertiary/aromatic N) is 2. The zero-order chi connectivity index (χ0) is 18.7. The molecule has 26 heavy (non-hydrogen) atoms. The number of carboxylic acid groups (broad SMARTS) is 1. The summed E-state index contributed by atoms with van der Waals surface area (Å²) in [6.07, 6.45) is 4.07. The van der Waals surface area contributed by atoms with Gasteiger partial charge in [0, 0.05) is 19.3 Å². The second kappa shape index (κ2) is 7.15. The Balaban J connectivity index is 1.71. The van der Waals surface area contributed by atoms with Gasteiger partial charge in [0.15, 0.2) is 0 Å². The highest BCUT2D eigenvalue weighted by atomic mass is 16.5. The Morgan fingerprint density at radius 3 is 2.77 bits per heavy atom. The van der Waals surface area contributed by atoms with Crippen LogP contribution < -0.4 is 4.74 Å². The van der Waals surface area contributed by atoms with Crippen molar-refractivity contribution in [1.29, 1.82) is 0 Å². The van der Waals surface area contributed by atoms with Gasteiger partial charge in [-0.3, -0.25) is 14.6 Å². The van der Waals surface area contributed by atoms with Crippen LogP contribution >= 0.6 is 0 Å². The molecule has 3 rings (SSSR count). The normalized spacial score (nSPS) is 13.8. The highest BCUT2D eigenvalue weighted by Gasteiger charge is 2.40. The molecule has 0 spiro atoms. The number of hydrogen-bond acceptors (Lipinski definition) is 4. The van der Waals surface area contributed by atoms with Gasteiger partial charge < -0.3 is 14.7 Å². The average Bonchev–Trinajstić information content (AvgIpc) is 2.65. The van der Waals surface area contributed by atoms with Crippen molar-refractivity contribution in [3.63, 3.8) is 0 Å². The third-order valence-corrected chi connectivity index (χ3v) is 4.68. The predicted molar refractivity (Wildman–Crippen MR) is 95.5 cm³/mol. The first-order valence-corrected chi connectivity index (χ1v) is 8.54. The first kappa shape index (κ1) is 17.9. The fourth-order valence-electron chi connectivity index (χ4n) is 2.96. The van der Waals surface area contributed by atoms with Gasteiger partial charge in [0.05, 0.1) is 6.20 Å². The number of rotatable bonds is 5. The van der Waals surface area contributed by atoms with Crippen molar-refractivity contribution in [2.75, 3.05) is 6.54 Å². The van der Waals surface area contributed by atoms with Gasteiger partial charge in [-0.1, -0.05) is 18.2 Å². The number of aromatic nitrogens is 1. The number of ether oxygens (including phenoxy) is 1. The fourth-order valence-corrected chi connectivity index (χ4v) is 2.96. The number of aliphatic carboxylic acids is 1. The number of hydrogen-bond donors (Lipinski definition) is 1. The molecule has 1 aromatic heterocycles. The van der Waals surface area contributed by atoms with Crippen molar-refractivity contribution >= 4 is 11.9 Å². The molecule has 0 unspecified atom stereocenters. The summed E-state index contributed by atoms with van der Waals surface area (Å²) in [6, 6.07) is 9.77. The zero-order valence-electron chi connectivity index (χ0n) is 14.9. The summed E-state index contributed by atoms with van der Waals surface area (Å²) in [5.41, 5.74) is 1.81. The maximum Gasteiger partial charge on any atom is 0.318 e. The molecule has 2 aromatic rings. The Bertz CT molecular complexity index is 818. The summed E-state index contributed by atoms with van der Waals surface area (Å²) in [4.78, 5) is 29.6. The van der Waals surface area contributed by atoms with E-state index in [1.54, 1.807) is 17.3 Å². The minimum Gasteiger partial charge on any atom is -0.487 e. The van der Waals surface area contributed by atoms with E-state index in [1.807, 2.05) is 24.3 Å². The van der Waals surface area contributed by atoms with Crippen molar-refractivity contribution in [1.82, 2.24) is 9.88 Å². The van der Waals surface area contributed by atoms with Crippen molar-refractivity contribution in [3.05, 3.63) is 59.4 Å². The lowest BCUT2D eigenvalue weighted by Gasteiger charge is -2.33. The van der Waals surface area contributed by atoms with Gasteiger partial charge in [0.25, 0.3) is 0 Å². The van der Waals surface area contributed by atoms with Crippen molar-refractivity contribution < 1.29 is 19.4 Å². The minimum absolute atomic E-state index is 0.354. The van der Waals surface area contributed by atoms with Crippen LogP contribution in [0.4, 0.5) is 0 Å². The van der Waals surface area contributed by atoms with Crippen LogP contribution in [0.1, 0.15) is 30.5 Å². The molecule has 6 nitrogen and oxygen atoms in total. The molecule has 1 aromatic carbocycles. The zero-order valence-corrected chi connectivity index (χ0v) is 14.9. The third-order valence-electron chi connectivity index (χ3n) is 4.68. The van der Waals surface area contributed by atoms with Crippen LogP contribution in [0.15, 0.2) is 42.7 Å². The molecule has 0 bridgehead atoms. The van der Waals surface area contributed by atoms with Gasteiger partial charge in [0.2, 0.25) is 5.91 Å². The van der Waals surface area contributed by atoms with Crippen LogP contribution in [0.25, 0.3) is 0 Å². The summed E-state index contributed by atoms with van der Waals surface area (Å²) < 4.78 is 5.72. The van der Waals surface area contributed by atoms with Crippen LogP contribution in [-0.2, 0) is 29.2 Å². The van der Waals surface area contributed by atoms with E-state index in [-0.39, 0.29) is 5.91 Å². The van der Waals surface area contributed by atoms with Crippen molar-refractivity contribution in [3.8, 4) is 5.75 Å². The lowest BCUT2D eigenvalue weighted by molar-refractivity contribution is -0.158. The van der Waals surface area contributed by atoms with Gasteiger partial charge >= 0.3 is 5.97 Å². The molecule has 6 heteroatoms. The molecule has 0 saturated heterocycles. The third kappa shape index (κ3) is 3.69. The maximum atomic E-state index is 12.6. The first-order valence-electron chi connectivity index (χ1n) is 8.54. The topological polar surface area (TPSA) is 79.7 Å². The highest BCUT2D eigenvalue weighted by Crippen LogP contribution is 2.26. The lowest BCUT2D eigenvalue weighted by atomic mass is 9.89. The molecule has 1 aliphatic rings. The summed E-state index contributed by atoms with van der Waals surface area (Å²) in [5, 5.41) is 9.29. The Labute approximate surface area is 152 Å². The Morgan fingerprint density at radius 1 is 1.27 bits per heavy atom. The number of amides is 1. The first-order chi connectivity index (χ1) is 12.4. The standard InChI is InChI=1S/C20H22N2O4/c1-20(2,19(24)25)18(23)22-9-7-15-6-5-14(10-16(15)12-22)13-26-17-4-3-8-21-11-17/h3-6,8,10-11H,7,9,12-13H2,1-2H3,(H,24,25). The van der Waals surface area contributed by atoms with E-state index in [1.165, 1.54) is 19.4 Å². The highest BCUT2D eigenvalue weighted by molar-refractivity contribution is 6.01. The molecule has 1 aliphatic heterocycles. The Kier molecular flexibility index (Phi) is 4.93. The van der Waals surface area contributed by atoms with Gasteiger partial charge in [-0.2, -0.15) is 0 Å².